The molecule has 2 N–H and O–H groups in total. The number of imidazole rings is 1. The maximum Gasteiger partial charge on any atom is 0.193 e. The van der Waals surface area contributed by atoms with Crippen LogP contribution in [0.1, 0.15) is 12.6 Å². The Hall–Kier alpha value is -0.520. The fraction of sp³-hybridized carbons (Fsp3) is 0.444. The van der Waals surface area contributed by atoms with Gasteiger partial charge in [0, 0.05) is 35.3 Å². The van der Waals surface area contributed by atoms with Crippen LogP contribution in [0.15, 0.2) is 17.8 Å². The summed E-state index contributed by atoms with van der Waals surface area (Å²) < 4.78 is 2.06. The molecule has 5 heteroatoms. The average molecular weight is 227 g/mol. The van der Waals surface area contributed by atoms with E-state index in [0.717, 1.165) is 22.2 Å². The number of rotatable bonds is 4. The van der Waals surface area contributed by atoms with E-state index in [9.17, 15) is 0 Å². The summed E-state index contributed by atoms with van der Waals surface area (Å²) in [7, 11) is 0. The summed E-state index contributed by atoms with van der Waals surface area (Å²) in [5, 5.41) is 2.04. The molecule has 3 nitrogen and oxygen atoms in total. The zero-order valence-electron chi connectivity index (χ0n) is 8.01. The van der Waals surface area contributed by atoms with Crippen LogP contribution in [-0.2, 0) is 5.75 Å². The molecule has 0 fully saturated rings. The van der Waals surface area contributed by atoms with Crippen LogP contribution in [0.3, 0.4) is 0 Å². The molecule has 0 aliphatic heterocycles. The van der Waals surface area contributed by atoms with E-state index in [2.05, 4.69) is 15.6 Å². The fourth-order valence-corrected chi connectivity index (χ4v) is 2.75. The van der Waals surface area contributed by atoms with Crippen molar-refractivity contribution in [2.75, 3.05) is 5.75 Å². The second-order valence-electron chi connectivity index (χ2n) is 3.32. The highest BCUT2D eigenvalue weighted by molar-refractivity contribution is 7.98. The zero-order valence-corrected chi connectivity index (χ0v) is 9.64. The lowest BCUT2D eigenvalue weighted by Crippen LogP contribution is -2.17. The van der Waals surface area contributed by atoms with Gasteiger partial charge in [0.2, 0.25) is 0 Å². The van der Waals surface area contributed by atoms with Crippen molar-refractivity contribution in [2.45, 2.75) is 18.7 Å². The molecule has 0 saturated heterocycles. The van der Waals surface area contributed by atoms with Crippen molar-refractivity contribution in [2.24, 2.45) is 5.73 Å². The number of hydrogen-bond donors (Lipinski definition) is 1. The molecule has 0 spiro atoms. The Kier molecular flexibility index (Phi) is 3.10. The molecule has 0 aliphatic rings. The number of nitrogens with zero attached hydrogens (tertiary/aromatic N) is 2. The summed E-state index contributed by atoms with van der Waals surface area (Å²) >= 11 is 3.50. The van der Waals surface area contributed by atoms with Crippen molar-refractivity contribution in [3.05, 3.63) is 23.5 Å². The third-order valence-electron chi connectivity index (χ3n) is 1.77. The van der Waals surface area contributed by atoms with Gasteiger partial charge in [-0.05, 0) is 6.92 Å². The van der Waals surface area contributed by atoms with E-state index in [-0.39, 0.29) is 6.04 Å². The Morgan fingerprint density at radius 1 is 1.71 bits per heavy atom. The molecule has 0 bridgehead atoms. The van der Waals surface area contributed by atoms with Gasteiger partial charge in [0.05, 0.1) is 5.69 Å². The SMILES string of the molecule is CC(N)CSCc1cn2ccsc2n1. The van der Waals surface area contributed by atoms with Gasteiger partial charge in [-0.3, -0.25) is 4.40 Å². The molecular formula is C9H13N3S2. The van der Waals surface area contributed by atoms with Crippen molar-refractivity contribution in [1.82, 2.24) is 9.38 Å². The summed E-state index contributed by atoms with van der Waals surface area (Å²) in [4.78, 5) is 5.56. The molecule has 2 heterocycles. The molecule has 2 rings (SSSR count). The van der Waals surface area contributed by atoms with Crippen LogP contribution in [0.2, 0.25) is 0 Å². The molecule has 0 aromatic carbocycles. The molecule has 2 aromatic rings. The van der Waals surface area contributed by atoms with Crippen molar-refractivity contribution in [3.8, 4) is 0 Å². The van der Waals surface area contributed by atoms with Gasteiger partial charge >= 0.3 is 0 Å². The van der Waals surface area contributed by atoms with E-state index < -0.39 is 0 Å². The van der Waals surface area contributed by atoms with E-state index in [1.165, 1.54) is 0 Å². The summed E-state index contributed by atoms with van der Waals surface area (Å²) in [5.41, 5.74) is 6.81. The number of fused-ring (bicyclic) bond motifs is 1. The van der Waals surface area contributed by atoms with Gasteiger partial charge in [-0.15, -0.1) is 11.3 Å². The number of thiazole rings is 1. The van der Waals surface area contributed by atoms with Crippen molar-refractivity contribution in [3.63, 3.8) is 0 Å². The smallest absolute Gasteiger partial charge is 0.193 e. The Bertz CT molecular complexity index is 376. The average Bonchev–Trinajstić information content (AvgIpc) is 2.62. The number of nitrogens with two attached hydrogens (primary N) is 1. The lowest BCUT2D eigenvalue weighted by Gasteiger charge is -2.01. The van der Waals surface area contributed by atoms with E-state index in [0.29, 0.717) is 0 Å². The molecule has 0 saturated carbocycles. The van der Waals surface area contributed by atoms with Crippen LogP contribution in [-0.4, -0.2) is 21.2 Å². The molecule has 76 valence electrons. The van der Waals surface area contributed by atoms with E-state index in [4.69, 9.17) is 5.73 Å². The summed E-state index contributed by atoms with van der Waals surface area (Å²) in [6, 6.07) is 0.267. The highest BCUT2D eigenvalue weighted by atomic mass is 32.2. The van der Waals surface area contributed by atoms with Gasteiger partial charge in [-0.25, -0.2) is 4.98 Å². The zero-order chi connectivity index (χ0) is 9.97. The third kappa shape index (κ3) is 2.29. The normalized spacial score (nSPS) is 13.6. The van der Waals surface area contributed by atoms with Gasteiger partial charge < -0.3 is 5.73 Å². The van der Waals surface area contributed by atoms with Gasteiger partial charge in [-0.1, -0.05) is 0 Å². The predicted octanol–water partition coefficient (Wildman–Crippen LogP) is 1.98. The number of thioether (sulfide) groups is 1. The summed E-state index contributed by atoms with van der Waals surface area (Å²) in [6.45, 7) is 2.03. The molecule has 1 unspecified atom stereocenters. The molecule has 0 aliphatic carbocycles. The van der Waals surface area contributed by atoms with Crippen molar-refractivity contribution >= 4 is 28.1 Å². The van der Waals surface area contributed by atoms with E-state index in [1.54, 1.807) is 11.3 Å². The Balaban J connectivity index is 1.95. The standard InChI is InChI=1S/C9H13N3S2/c1-7(10)5-13-6-8-4-12-2-3-14-9(12)11-8/h2-4,7H,5-6,10H2,1H3. The minimum Gasteiger partial charge on any atom is -0.327 e. The minimum absolute atomic E-state index is 0.267. The summed E-state index contributed by atoms with van der Waals surface area (Å²) in [5.74, 6) is 1.95. The van der Waals surface area contributed by atoms with Crippen molar-refractivity contribution in [1.29, 1.82) is 0 Å². The minimum atomic E-state index is 0.267. The Labute approximate surface area is 91.3 Å². The molecular weight excluding hydrogens is 214 g/mol. The molecule has 14 heavy (non-hydrogen) atoms. The lowest BCUT2D eigenvalue weighted by atomic mass is 10.4. The van der Waals surface area contributed by atoms with Gasteiger partial charge in [0.1, 0.15) is 0 Å². The molecule has 0 amide bonds. The Morgan fingerprint density at radius 3 is 3.29 bits per heavy atom. The third-order valence-corrected chi connectivity index (χ3v) is 3.81. The van der Waals surface area contributed by atoms with Crippen LogP contribution >= 0.6 is 23.1 Å². The quantitative estimate of drug-likeness (QED) is 0.868. The molecule has 0 radical (unpaired) electrons. The monoisotopic (exact) mass is 227 g/mol. The topological polar surface area (TPSA) is 43.3 Å². The predicted molar refractivity (Wildman–Crippen MR) is 62.9 cm³/mol. The largest absolute Gasteiger partial charge is 0.327 e. The number of aromatic nitrogens is 2. The first-order valence-electron chi connectivity index (χ1n) is 4.50. The first-order valence-corrected chi connectivity index (χ1v) is 6.53. The van der Waals surface area contributed by atoms with Gasteiger partial charge in [0.25, 0.3) is 0 Å². The second kappa shape index (κ2) is 4.33. The first kappa shape index (κ1) is 10.0. The maximum atomic E-state index is 5.67. The Morgan fingerprint density at radius 2 is 2.57 bits per heavy atom. The van der Waals surface area contributed by atoms with Crippen LogP contribution in [0, 0.1) is 0 Å². The van der Waals surface area contributed by atoms with Crippen LogP contribution in [0.4, 0.5) is 0 Å². The van der Waals surface area contributed by atoms with Crippen LogP contribution < -0.4 is 5.73 Å². The second-order valence-corrected chi connectivity index (χ2v) is 5.22. The van der Waals surface area contributed by atoms with E-state index >= 15 is 0 Å². The summed E-state index contributed by atoms with van der Waals surface area (Å²) in [6.07, 6.45) is 4.12. The fourth-order valence-electron chi connectivity index (χ4n) is 1.20. The maximum absolute atomic E-state index is 5.67. The lowest BCUT2D eigenvalue weighted by molar-refractivity contribution is 0.847. The van der Waals surface area contributed by atoms with Crippen molar-refractivity contribution < 1.29 is 0 Å². The van der Waals surface area contributed by atoms with Gasteiger partial charge in [-0.2, -0.15) is 11.8 Å². The van der Waals surface area contributed by atoms with Gasteiger partial charge in [0.15, 0.2) is 4.96 Å². The van der Waals surface area contributed by atoms with Crippen LogP contribution in [0.25, 0.3) is 4.96 Å². The highest BCUT2D eigenvalue weighted by Crippen LogP contribution is 2.16. The molecule has 2 aromatic heterocycles. The first-order chi connectivity index (χ1) is 6.75. The van der Waals surface area contributed by atoms with Crippen LogP contribution in [0.5, 0.6) is 0 Å². The molecule has 1 atom stereocenters. The highest BCUT2D eigenvalue weighted by Gasteiger charge is 2.02. The van der Waals surface area contributed by atoms with E-state index in [1.807, 2.05) is 30.3 Å². The number of hydrogen-bond acceptors (Lipinski definition) is 4.